The van der Waals surface area contributed by atoms with Gasteiger partial charge in [0.2, 0.25) is 0 Å². The van der Waals surface area contributed by atoms with Crippen LogP contribution in [0, 0.1) is 6.92 Å². The van der Waals surface area contributed by atoms with Gasteiger partial charge < -0.3 is 14.8 Å². The molecule has 0 aliphatic heterocycles. The molecule has 3 rings (SSSR count). The average Bonchev–Trinajstić information content (AvgIpc) is 3.16. The highest BCUT2D eigenvalue weighted by Gasteiger charge is 2.15. The Bertz CT molecular complexity index is 882. The molecule has 7 heteroatoms. The summed E-state index contributed by atoms with van der Waals surface area (Å²) in [6.45, 7) is 2.39. The first-order chi connectivity index (χ1) is 12.6. The van der Waals surface area contributed by atoms with Gasteiger partial charge in [0.15, 0.2) is 0 Å². The molecular formula is C19H20N4O3. The maximum atomic E-state index is 12.8. The zero-order chi connectivity index (χ0) is 18.5. The summed E-state index contributed by atoms with van der Waals surface area (Å²) in [7, 11) is 3.13. The Hall–Kier alpha value is -3.35. The molecule has 0 radical (unpaired) electrons. The van der Waals surface area contributed by atoms with Crippen LogP contribution >= 0.6 is 0 Å². The van der Waals surface area contributed by atoms with E-state index in [4.69, 9.17) is 9.47 Å². The van der Waals surface area contributed by atoms with Gasteiger partial charge in [0.1, 0.15) is 24.2 Å². The molecule has 0 aliphatic carbocycles. The predicted octanol–water partition coefficient (Wildman–Crippen LogP) is 2.90. The minimum absolute atomic E-state index is 0.243. The third-order valence-electron chi connectivity index (χ3n) is 4.08. The van der Waals surface area contributed by atoms with Gasteiger partial charge >= 0.3 is 0 Å². The van der Waals surface area contributed by atoms with Gasteiger partial charge in [0.05, 0.1) is 20.8 Å². The summed E-state index contributed by atoms with van der Waals surface area (Å²) in [5, 5.41) is 7.05. The molecule has 0 bridgehead atoms. The summed E-state index contributed by atoms with van der Waals surface area (Å²) in [6.07, 6.45) is 3.11. The minimum atomic E-state index is -0.243. The number of carbonyl (C=O) groups is 1. The molecule has 1 amide bonds. The molecule has 2 aromatic carbocycles. The van der Waals surface area contributed by atoms with E-state index in [9.17, 15) is 4.79 Å². The second kappa shape index (κ2) is 7.69. The first kappa shape index (κ1) is 17.5. The van der Waals surface area contributed by atoms with Gasteiger partial charge in [-0.15, -0.1) is 0 Å². The van der Waals surface area contributed by atoms with E-state index in [0.29, 0.717) is 29.3 Å². The lowest BCUT2D eigenvalue weighted by Gasteiger charge is -2.14. The number of rotatable bonds is 6. The lowest BCUT2D eigenvalue weighted by Crippen LogP contribution is -2.15. The van der Waals surface area contributed by atoms with Crippen LogP contribution in [0.25, 0.3) is 0 Å². The molecular weight excluding hydrogens is 332 g/mol. The van der Waals surface area contributed by atoms with Crippen molar-refractivity contribution in [1.29, 1.82) is 0 Å². The number of carbonyl (C=O) groups excluding carboxylic acids is 1. The molecule has 0 unspecified atom stereocenters. The topological polar surface area (TPSA) is 78.3 Å². The summed E-state index contributed by atoms with van der Waals surface area (Å²) in [6, 6.07) is 11.0. The Morgan fingerprint density at radius 3 is 2.46 bits per heavy atom. The molecule has 0 fully saturated rings. The number of amides is 1. The largest absolute Gasteiger partial charge is 0.496 e. The molecule has 0 saturated heterocycles. The van der Waals surface area contributed by atoms with Crippen LogP contribution in [-0.2, 0) is 6.54 Å². The fourth-order valence-corrected chi connectivity index (χ4v) is 2.68. The van der Waals surface area contributed by atoms with E-state index in [1.54, 1.807) is 37.4 Å². The summed E-state index contributed by atoms with van der Waals surface area (Å²) in [4.78, 5) is 16.7. The van der Waals surface area contributed by atoms with Crippen LogP contribution in [0.4, 0.5) is 5.69 Å². The standard InChI is InChI=1S/C19H20N4O3/c1-13-17(25-2)8-15(9-18(13)26-3)19(24)22-16-7-5-4-6-14(16)10-23-12-20-11-21-23/h4-9,11-12H,10H2,1-3H3,(H,22,24). The number of anilines is 1. The fraction of sp³-hybridized carbons (Fsp3) is 0.211. The van der Waals surface area contributed by atoms with Crippen molar-refractivity contribution in [3.63, 3.8) is 0 Å². The van der Waals surface area contributed by atoms with Gasteiger partial charge in [-0.3, -0.25) is 4.79 Å². The van der Waals surface area contributed by atoms with Crippen molar-refractivity contribution in [2.75, 3.05) is 19.5 Å². The van der Waals surface area contributed by atoms with Crippen LogP contribution in [0.15, 0.2) is 49.1 Å². The zero-order valence-electron chi connectivity index (χ0n) is 14.9. The molecule has 0 spiro atoms. The normalized spacial score (nSPS) is 10.4. The van der Waals surface area contributed by atoms with Crippen LogP contribution < -0.4 is 14.8 Å². The molecule has 0 saturated carbocycles. The number of nitrogens with zero attached hydrogens (tertiary/aromatic N) is 3. The Labute approximate surface area is 151 Å². The van der Waals surface area contributed by atoms with Gasteiger partial charge in [0.25, 0.3) is 5.91 Å². The molecule has 7 nitrogen and oxygen atoms in total. The SMILES string of the molecule is COc1cc(C(=O)Nc2ccccc2Cn2cncn2)cc(OC)c1C. The van der Waals surface area contributed by atoms with Crippen LogP contribution in [0.2, 0.25) is 0 Å². The minimum Gasteiger partial charge on any atom is -0.496 e. The Morgan fingerprint density at radius 1 is 1.15 bits per heavy atom. The number of methoxy groups -OCH3 is 2. The van der Waals surface area contributed by atoms with Gasteiger partial charge in [-0.2, -0.15) is 5.10 Å². The number of para-hydroxylation sites is 1. The monoisotopic (exact) mass is 352 g/mol. The zero-order valence-corrected chi connectivity index (χ0v) is 14.9. The molecule has 1 aromatic heterocycles. The van der Waals surface area contributed by atoms with Crippen molar-refractivity contribution in [2.24, 2.45) is 0 Å². The van der Waals surface area contributed by atoms with Crippen molar-refractivity contribution < 1.29 is 14.3 Å². The number of ether oxygens (including phenoxy) is 2. The maximum Gasteiger partial charge on any atom is 0.255 e. The van der Waals surface area contributed by atoms with Crippen molar-refractivity contribution in [2.45, 2.75) is 13.5 Å². The molecule has 3 aromatic rings. The van der Waals surface area contributed by atoms with E-state index in [1.165, 1.54) is 6.33 Å². The Balaban J connectivity index is 1.87. The highest BCUT2D eigenvalue weighted by Crippen LogP contribution is 2.30. The van der Waals surface area contributed by atoms with Crippen LogP contribution in [0.3, 0.4) is 0 Å². The fourth-order valence-electron chi connectivity index (χ4n) is 2.68. The van der Waals surface area contributed by atoms with Gasteiger partial charge in [-0.05, 0) is 30.7 Å². The van der Waals surface area contributed by atoms with Gasteiger partial charge in [0, 0.05) is 16.8 Å². The second-order valence-corrected chi connectivity index (χ2v) is 5.71. The van der Waals surface area contributed by atoms with Crippen molar-refractivity contribution >= 4 is 11.6 Å². The van der Waals surface area contributed by atoms with E-state index in [-0.39, 0.29) is 5.91 Å². The smallest absolute Gasteiger partial charge is 0.255 e. The third-order valence-corrected chi connectivity index (χ3v) is 4.08. The first-order valence-corrected chi connectivity index (χ1v) is 8.06. The van der Waals surface area contributed by atoms with E-state index >= 15 is 0 Å². The van der Waals surface area contributed by atoms with Crippen LogP contribution in [0.1, 0.15) is 21.5 Å². The number of hydrogen-bond acceptors (Lipinski definition) is 5. The molecule has 26 heavy (non-hydrogen) atoms. The number of hydrogen-bond donors (Lipinski definition) is 1. The average molecular weight is 352 g/mol. The van der Waals surface area contributed by atoms with Gasteiger partial charge in [-0.1, -0.05) is 18.2 Å². The second-order valence-electron chi connectivity index (χ2n) is 5.71. The molecule has 0 aliphatic rings. The van der Waals surface area contributed by atoms with Crippen LogP contribution in [0.5, 0.6) is 11.5 Å². The predicted molar refractivity (Wildman–Crippen MR) is 97.8 cm³/mol. The molecule has 134 valence electrons. The van der Waals surface area contributed by atoms with Crippen molar-refractivity contribution in [3.8, 4) is 11.5 Å². The van der Waals surface area contributed by atoms with Crippen molar-refractivity contribution in [1.82, 2.24) is 14.8 Å². The van der Waals surface area contributed by atoms with E-state index < -0.39 is 0 Å². The van der Waals surface area contributed by atoms with E-state index in [2.05, 4.69) is 15.4 Å². The summed E-state index contributed by atoms with van der Waals surface area (Å²) in [5.74, 6) is 0.962. The highest BCUT2D eigenvalue weighted by molar-refractivity contribution is 6.05. The lowest BCUT2D eigenvalue weighted by atomic mass is 10.1. The van der Waals surface area contributed by atoms with Crippen molar-refractivity contribution in [3.05, 3.63) is 65.7 Å². The summed E-state index contributed by atoms with van der Waals surface area (Å²) < 4.78 is 12.4. The number of benzene rings is 2. The maximum absolute atomic E-state index is 12.8. The number of aromatic nitrogens is 3. The van der Waals surface area contributed by atoms with E-state index in [0.717, 1.165) is 11.1 Å². The van der Waals surface area contributed by atoms with Crippen LogP contribution in [-0.4, -0.2) is 34.9 Å². The van der Waals surface area contributed by atoms with Gasteiger partial charge in [-0.25, -0.2) is 9.67 Å². The summed E-state index contributed by atoms with van der Waals surface area (Å²) >= 11 is 0. The Kier molecular flexibility index (Phi) is 5.17. The lowest BCUT2D eigenvalue weighted by molar-refractivity contribution is 0.102. The molecule has 1 heterocycles. The summed E-state index contributed by atoms with van der Waals surface area (Å²) in [5.41, 5.74) is 2.95. The quantitative estimate of drug-likeness (QED) is 0.738. The first-order valence-electron chi connectivity index (χ1n) is 8.06. The third kappa shape index (κ3) is 3.66. The molecule has 0 atom stereocenters. The highest BCUT2D eigenvalue weighted by atomic mass is 16.5. The van der Waals surface area contributed by atoms with E-state index in [1.807, 2.05) is 31.2 Å². The Morgan fingerprint density at radius 2 is 1.85 bits per heavy atom. The molecule has 1 N–H and O–H groups in total. The number of nitrogens with one attached hydrogen (secondary N) is 1.